The van der Waals surface area contributed by atoms with E-state index in [1.165, 1.54) is 32.1 Å². The fraction of sp³-hybridized carbons (Fsp3) is 0.950. The number of nitrogens with one attached hydrogen (secondary N) is 2. The zero-order valence-corrected chi connectivity index (χ0v) is 17.5. The maximum Gasteiger partial charge on any atom is 0.191 e. The van der Waals surface area contributed by atoms with Gasteiger partial charge in [0.1, 0.15) is 0 Å². The summed E-state index contributed by atoms with van der Waals surface area (Å²) in [6, 6.07) is 0.587. The molecular formula is C20H41N5O. The first-order chi connectivity index (χ1) is 12.6. The van der Waals surface area contributed by atoms with Crippen LogP contribution in [-0.4, -0.2) is 86.9 Å². The van der Waals surface area contributed by atoms with E-state index in [2.05, 4.69) is 46.2 Å². The van der Waals surface area contributed by atoms with E-state index in [0.29, 0.717) is 6.04 Å². The quantitative estimate of drug-likeness (QED) is 0.507. The van der Waals surface area contributed by atoms with Gasteiger partial charge in [0, 0.05) is 51.4 Å². The molecule has 0 atom stereocenters. The zero-order chi connectivity index (χ0) is 18.8. The van der Waals surface area contributed by atoms with Crippen LogP contribution in [0.2, 0.25) is 0 Å². The Balaban J connectivity index is 1.85. The summed E-state index contributed by atoms with van der Waals surface area (Å²) in [6.07, 6.45) is 6.62. The predicted molar refractivity (Wildman–Crippen MR) is 110 cm³/mol. The molecule has 0 unspecified atom stereocenters. The number of hydrogen-bond acceptors (Lipinski definition) is 4. The Morgan fingerprint density at radius 2 is 1.85 bits per heavy atom. The molecule has 2 N–H and O–H groups in total. The molecule has 0 bridgehead atoms. The van der Waals surface area contributed by atoms with E-state index in [4.69, 9.17) is 4.74 Å². The van der Waals surface area contributed by atoms with Crippen molar-refractivity contribution in [3.05, 3.63) is 0 Å². The molecule has 26 heavy (non-hydrogen) atoms. The summed E-state index contributed by atoms with van der Waals surface area (Å²) in [6.45, 7) is 14.6. The summed E-state index contributed by atoms with van der Waals surface area (Å²) in [5, 5.41) is 7.14. The lowest BCUT2D eigenvalue weighted by Crippen LogP contribution is -2.60. The molecule has 1 saturated heterocycles. The van der Waals surface area contributed by atoms with Crippen LogP contribution in [-0.2, 0) is 4.74 Å². The van der Waals surface area contributed by atoms with Gasteiger partial charge in [0.05, 0.1) is 13.2 Å². The first-order valence-corrected chi connectivity index (χ1v) is 10.6. The first kappa shape index (κ1) is 21.5. The van der Waals surface area contributed by atoms with Crippen LogP contribution in [0, 0.1) is 0 Å². The molecule has 152 valence electrons. The number of nitrogens with zero attached hydrogens (tertiary/aromatic N) is 3. The second kappa shape index (κ2) is 11.1. The molecule has 1 aliphatic carbocycles. The second-order valence-corrected chi connectivity index (χ2v) is 7.96. The summed E-state index contributed by atoms with van der Waals surface area (Å²) in [5.41, 5.74) is 0.271. The van der Waals surface area contributed by atoms with Crippen LogP contribution in [0.25, 0.3) is 0 Å². The second-order valence-electron chi connectivity index (χ2n) is 7.96. The highest BCUT2D eigenvalue weighted by atomic mass is 16.5. The van der Waals surface area contributed by atoms with Crippen LogP contribution >= 0.6 is 0 Å². The molecule has 0 aromatic carbocycles. The van der Waals surface area contributed by atoms with Gasteiger partial charge in [0.2, 0.25) is 0 Å². The Morgan fingerprint density at radius 3 is 2.42 bits per heavy atom. The van der Waals surface area contributed by atoms with Crippen LogP contribution < -0.4 is 10.6 Å². The molecule has 0 spiro atoms. The molecule has 2 rings (SSSR count). The van der Waals surface area contributed by atoms with Gasteiger partial charge in [-0.15, -0.1) is 0 Å². The van der Waals surface area contributed by atoms with Gasteiger partial charge in [-0.05, 0) is 33.2 Å². The normalized spacial score (nSPS) is 22.0. The van der Waals surface area contributed by atoms with Gasteiger partial charge < -0.3 is 15.4 Å². The monoisotopic (exact) mass is 367 g/mol. The van der Waals surface area contributed by atoms with E-state index in [1.807, 2.05) is 7.05 Å². The number of hydrogen-bond donors (Lipinski definition) is 2. The van der Waals surface area contributed by atoms with E-state index in [0.717, 1.165) is 58.4 Å². The van der Waals surface area contributed by atoms with Gasteiger partial charge >= 0.3 is 0 Å². The smallest absolute Gasteiger partial charge is 0.191 e. The molecule has 0 amide bonds. The van der Waals surface area contributed by atoms with Crippen LogP contribution in [0.15, 0.2) is 4.99 Å². The molecule has 2 fully saturated rings. The summed E-state index contributed by atoms with van der Waals surface area (Å²) in [7, 11) is 1.87. The Labute approximate surface area is 160 Å². The Hall–Kier alpha value is -0.850. The summed E-state index contributed by atoms with van der Waals surface area (Å²) in [5.74, 6) is 0.933. The Morgan fingerprint density at radius 1 is 1.15 bits per heavy atom. The Kier molecular flexibility index (Phi) is 9.16. The lowest BCUT2D eigenvalue weighted by molar-refractivity contribution is -0.0352. The summed E-state index contributed by atoms with van der Waals surface area (Å²) < 4.78 is 5.58. The van der Waals surface area contributed by atoms with Gasteiger partial charge in [-0.25, -0.2) is 0 Å². The number of likely N-dealkylation sites (N-methyl/N-ethyl adjacent to an activating group) is 1. The van der Waals surface area contributed by atoms with Gasteiger partial charge in [-0.3, -0.25) is 14.8 Å². The third kappa shape index (κ3) is 6.10. The molecule has 6 nitrogen and oxygen atoms in total. The fourth-order valence-corrected chi connectivity index (χ4v) is 4.42. The van der Waals surface area contributed by atoms with Crippen LogP contribution in [0.1, 0.15) is 52.9 Å². The van der Waals surface area contributed by atoms with Crippen molar-refractivity contribution < 1.29 is 4.74 Å². The van der Waals surface area contributed by atoms with Crippen molar-refractivity contribution in [3.63, 3.8) is 0 Å². The van der Waals surface area contributed by atoms with E-state index in [1.54, 1.807) is 0 Å². The molecule has 1 aliphatic heterocycles. The molecule has 6 heteroatoms. The highest BCUT2D eigenvalue weighted by Gasteiger charge is 2.38. The minimum absolute atomic E-state index is 0.271. The topological polar surface area (TPSA) is 52.1 Å². The van der Waals surface area contributed by atoms with Crippen LogP contribution in [0.5, 0.6) is 0 Å². The largest absolute Gasteiger partial charge is 0.379 e. The SMILES string of the molecule is CCN(CCNC(=NC)NCC1(N2CCOCC2)CCCCC1)C(C)C. The highest BCUT2D eigenvalue weighted by Crippen LogP contribution is 2.33. The van der Waals surface area contributed by atoms with Crippen molar-refractivity contribution in [2.24, 2.45) is 4.99 Å². The average molecular weight is 368 g/mol. The molecule has 1 saturated carbocycles. The van der Waals surface area contributed by atoms with Crippen molar-refractivity contribution in [1.29, 1.82) is 0 Å². The standard InChI is InChI=1S/C20H41N5O/c1-5-24(18(2)3)12-11-22-19(21-4)23-17-20(9-7-6-8-10-20)25-13-15-26-16-14-25/h18H,5-17H2,1-4H3,(H2,21,22,23). The third-order valence-corrected chi connectivity index (χ3v) is 6.10. The fourth-order valence-electron chi connectivity index (χ4n) is 4.42. The molecular weight excluding hydrogens is 326 g/mol. The van der Waals surface area contributed by atoms with E-state index >= 15 is 0 Å². The third-order valence-electron chi connectivity index (χ3n) is 6.10. The maximum absolute atomic E-state index is 5.58. The van der Waals surface area contributed by atoms with Crippen molar-refractivity contribution in [2.45, 2.75) is 64.5 Å². The lowest BCUT2D eigenvalue weighted by Gasteiger charge is -2.48. The number of guanidine groups is 1. The number of ether oxygens (including phenoxy) is 1. The van der Waals surface area contributed by atoms with Gasteiger partial charge in [-0.1, -0.05) is 26.2 Å². The zero-order valence-electron chi connectivity index (χ0n) is 17.5. The van der Waals surface area contributed by atoms with Crippen molar-refractivity contribution >= 4 is 5.96 Å². The molecule has 1 heterocycles. The lowest BCUT2D eigenvalue weighted by atomic mass is 9.80. The first-order valence-electron chi connectivity index (χ1n) is 10.6. The number of aliphatic imine (C=N–C) groups is 1. The summed E-state index contributed by atoms with van der Waals surface area (Å²) >= 11 is 0. The van der Waals surface area contributed by atoms with E-state index in [9.17, 15) is 0 Å². The van der Waals surface area contributed by atoms with E-state index < -0.39 is 0 Å². The number of rotatable bonds is 8. The highest BCUT2D eigenvalue weighted by molar-refractivity contribution is 5.79. The van der Waals surface area contributed by atoms with E-state index in [-0.39, 0.29) is 5.54 Å². The van der Waals surface area contributed by atoms with Crippen LogP contribution in [0.3, 0.4) is 0 Å². The van der Waals surface area contributed by atoms with Gasteiger partial charge in [0.25, 0.3) is 0 Å². The summed E-state index contributed by atoms with van der Waals surface area (Å²) in [4.78, 5) is 9.59. The molecule has 0 aromatic rings. The predicted octanol–water partition coefficient (Wildman–Crippen LogP) is 1.92. The average Bonchev–Trinajstić information content (AvgIpc) is 2.68. The minimum Gasteiger partial charge on any atom is -0.379 e. The van der Waals surface area contributed by atoms with Gasteiger partial charge in [-0.2, -0.15) is 0 Å². The van der Waals surface area contributed by atoms with Crippen molar-refractivity contribution in [3.8, 4) is 0 Å². The minimum atomic E-state index is 0.271. The number of morpholine rings is 1. The maximum atomic E-state index is 5.58. The molecule has 2 aliphatic rings. The molecule has 0 radical (unpaired) electrons. The Bertz CT molecular complexity index is 414. The van der Waals surface area contributed by atoms with Crippen LogP contribution in [0.4, 0.5) is 0 Å². The molecule has 0 aromatic heterocycles. The van der Waals surface area contributed by atoms with Gasteiger partial charge in [0.15, 0.2) is 5.96 Å². The van der Waals surface area contributed by atoms with Crippen molar-refractivity contribution in [2.75, 3.05) is 59.5 Å². The van der Waals surface area contributed by atoms with Crippen molar-refractivity contribution in [1.82, 2.24) is 20.4 Å².